The van der Waals surface area contributed by atoms with E-state index in [0.717, 1.165) is 19.4 Å². The van der Waals surface area contributed by atoms with E-state index >= 15 is 0 Å². The van der Waals surface area contributed by atoms with E-state index in [0.29, 0.717) is 0 Å². The van der Waals surface area contributed by atoms with Crippen LogP contribution in [0.25, 0.3) is 0 Å². The largest absolute Gasteiger partial charge is 0.396 e. The third-order valence-corrected chi connectivity index (χ3v) is 3.56. The van der Waals surface area contributed by atoms with Crippen LogP contribution in [0.2, 0.25) is 0 Å². The Bertz CT molecular complexity index is 519. The van der Waals surface area contributed by atoms with Gasteiger partial charge in [0.1, 0.15) is 0 Å². The summed E-state index contributed by atoms with van der Waals surface area (Å²) in [6.45, 7) is 5.31. The zero-order valence-electron chi connectivity index (χ0n) is 11.7. The number of hydrogen-bond donors (Lipinski definition) is 1. The molecule has 1 aromatic carbocycles. The molecule has 0 aliphatic rings. The second-order valence-corrected chi connectivity index (χ2v) is 5.09. The molecule has 0 saturated carbocycles. The molecule has 0 amide bonds. The second-order valence-electron chi connectivity index (χ2n) is 5.09. The fraction of sp³-hybridized carbons (Fsp3) is 0.438. The lowest BCUT2D eigenvalue weighted by Crippen LogP contribution is -2.13. The SMILES string of the molecule is CCn1cc(CC(CO)Cc2ccccc2C)cn1. The number of aliphatic hydroxyl groups excluding tert-OH is 1. The topological polar surface area (TPSA) is 38.0 Å². The molecular weight excluding hydrogens is 236 g/mol. The van der Waals surface area contributed by atoms with Gasteiger partial charge in [-0.2, -0.15) is 5.10 Å². The van der Waals surface area contributed by atoms with E-state index in [2.05, 4.69) is 49.4 Å². The van der Waals surface area contributed by atoms with Crippen LogP contribution in [0.3, 0.4) is 0 Å². The lowest BCUT2D eigenvalue weighted by molar-refractivity contribution is 0.225. The van der Waals surface area contributed by atoms with Crippen molar-refractivity contribution in [3.05, 3.63) is 53.3 Å². The van der Waals surface area contributed by atoms with Gasteiger partial charge in [-0.25, -0.2) is 0 Å². The second kappa shape index (κ2) is 6.53. The molecule has 1 N–H and O–H groups in total. The summed E-state index contributed by atoms with van der Waals surface area (Å²) in [6, 6.07) is 8.39. The van der Waals surface area contributed by atoms with E-state index in [1.54, 1.807) is 0 Å². The molecule has 0 spiro atoms. The van der Waals surface area contributed by atoms with Crippen LogP contribution >= 0.6 is 0 Å². The summed E-state index contributed by atoms with van der Waals surface area (Å²) in [5, 5.41) is 13.9. The molecule has 0 fully saturated rings. The van der Waals surface area contributed by atoms with Gasteiger partial charge in [0, 0.05) is 19.3 Å². The highest BCUT2D eigenvalue weighted by Crippen LogP contribution is 2.17. The molecule has 0 radical (unpaired) electrons. The number of aryl methyl sites for hydroxylation is 2. The molecule has 102 valence electrons. The van der Waals surface area contributed by atoms with Gasteiger partial charge in [0.05, 0.1) is 6.20 Å². The highest BCUT2D eigenvalue weighted by Gasteiger charge is 2.12. The third-order valence-electron chi connectivity index (χ3n) is 3.56. The molecule has 1 unspecified atom stereocenters. The number of benzene rings is 1. The van der Waals surface area contributed by atoms with Gasteiger partial charge in [0.25, 0.3) is 0 Å². The van der Waals surface area contributed by atoms with E-state index in [9.17, 15) is 5.11 Å². The zero-order valence-corrected chi connectivity index (χ0v) is 11.7. The molecule has 1 aromatic heterocycles. The van der Waals surface area contributed by atoms with Crippen molar-refractivity contribution in [2.45, 2.75) is 33.2 Å². The number of aromatic nitrogens is 2. The predicted molar refractivity (Wildman–Crippen MR) is 77.1 cm³/mol. The van der Waals surface area contributed by atoms with Crippen molar-refractivity contribution in [2.24, 2.45) is 5.92 Å². The third kappa shape index (κ3) is 3.67. The molecule has 3 heteroatoms. The maximum atomic E-state index is 9.58. The maximum Gasteiger partial charge on any atom is 0.0521 e. The van der Waals surface area contributed by atoms with E-state index in [-0.39, 0.29) is 12.5 Å². The van der Waals surface area contributed by atoms with Gasteiger partial charge < -0.3 is 5.11 Å². The zero-order chi connectivity index (χ0) is 13.7. The Kier molecular flexibility index (Phi) is 4.74. The monoisotopic (exact) mass is 258 g/mol. The van der Waals surface area contributed by atoms with Gasteiger partial charge >= 0.3 is 0 Å². The fourth-order valence-corrected chi connectivity index (χ4v) is 2.37. The molecule has 3 nitrogen and oxygen atoms in total. The van der Waals surface area contributed by atoms with Crippen LogP contribution in [0, 0.1) is 12.8 Å². The normalized spacial score (nSPS) is 12.6. The number of hydrogen-bond acceptors (Lipinski definition) is 2. The molecule has 2 aromatic rings. The van der Waals surface area contributed by atoms with Crippen molar-refractivity contribution in [3.63, 3.8) is 0 Å². The Hall–Kier alpha value is -1.61. The minimum absolute atomic E-state index is 0.214. The first-order valence-electron chi connectivity index (χ1n) is 6.89. The Morgan fingerprint density at radius 3 is 2.68 bits per heavy atom. The van der Waals surface area contributed by atoms with Crippen molar-refractivity contribution in [2.75, 3.05) is 6.61 Å². The molecule has 1 heterocycles. The fourth-order valence-electron chi connectivity index (χ4n) is 2.37. The first-order chi connectivity index (χ1) is 9.22. The first kappa shape index (κ1) is 13.8. The van der Waals surface area contributed by atoms with Crippen LogP contribution < -0.4 is 0 Å². The molecule has 1 atom stereocenters. The van der Waals surface area contributed by atoms with Gasteiger partial charge in [-0.1, -0.05) is 24.3 Å². The Balaban J connectivity index is 2.02. The summed E-state index contributed by atoms with van der Waals surface area (Å²) < 4.78 is 1.93. The van der Waals surface area contributed by atoms with E-state index < -0.39 is 0 Å². The minimum Gasteiger partial charge on any atom is -0.396 e. The summed E-state index contributed by atoms with van der Waals surface area (Å²) in [5.74, 6) is 0.260. The van der Waals surface area contributed by atoms with Gasteiger partial charge in [-0.15, -0.1) is 0 Å². The van der Waals surface area contributed by atoms with Gasteiger partial charge in [-0.3, -0.25) is 4.68 Å². The van der Waals surface area contributed by atoms with Crippen molar-refractivity contribution in [1.82, 2.24) is 9.78 Å². The van der Waals surface area contributed by atoms with Crippen LogP contribution in [-0.2, 0) is 19.4 Å². The van der Waals surface area contributed by atoms with Crippen LogP contribution in [-0.4, -0.2) is 21.5 Å². The lowest BCUT2D eigenvalue weighted by atomic mass is 9.92. The van der Waals surface area contributed by atoms with Crippen molar-refractivity contribution >= 4 is 0 Å². The van der Waals surface area contributed by atoms with Crippen LogP contribution in [0.1, 0.15) is 23.6 Å². The standard InChI is InChI=1S/C16H22N2O/c1-3-18-11-15(10-17-18)8-14(12-19)9-16-7-5-4-6-13(16)2/h4-7,10-11,14,19H,3,8-9,12H2,1-2H3. The van der Waals surface area contributed by atoms with E-state index in [4.69, 9.17) is 0 Å². The number of aliphatic hydroxyl groups is 1. The van der Waals surface area contributed by atoms with Gasteiger partial charge in [0.2, 0.25) is 0 Å². The average Bonchev–Trinajstić information content (AvgIpc) is 2.88. The molecule has 2 rings (SSSR count). The van der Waals surface area contributed by atoms with E-state index in [1.165, 1.54) is 16.7 Å². The average molecular weight is 258 g/mol. The predicted octanol–water partition coefficient (Wildman–Crippen LogP) is 2.61. The Morgan fingerprint density at radius 2 is 2.05 bits per heavy atom. The van der Waals surface area contributed by atoms with Crippen molar-refractivity contribution in [1.29, 1.82) is 0 Å². The molecule has 0 saturated heterocycles. The van der Waals surface area contributed by atoms with Crippen molar-refractivity contribution in [3.8, 4) is 0 Å². The summed E-state index contributed by atoms with van der Waals surface area (Å²) in [7, 11) is 0. The highest BCUT2D eigenvalue weighted by molar-refractivity contribution is 5.26. The highest BCUT2D eigenvalue weighted by atomic mass is 16.3. The molecular formula is C16H22N2O. The Morgan fingerprint density at radius 1 is 1.26 bits per heavy atom. The van der Waals surface area contributed by atoms with Gasteiger partial charge in [0.15, 0.2) is 0 Å². The summed E-state index contributed by atoms with van der Waals surface area (Å²) >= 11 is 0. The minimum atomic E-state index is 0.214. The summed E-state index contributed by atoms with van der Waals surface area (Å²) in [5.41, 5.74) is 3.82. The number of nitrogens with zero attached hydrogens (tertiary/aromatic N) is 2. The van der Waals surface area contributed by atoms with Gasteiger partial charge in [-0.05, 0) is 49.3 Å². The molecule has 19 heavy (non-hydrogen) atoms. The molecule has 0 aliphatic carbocycles. The molecule has 0 bridgehead atoms. The van der Waals surface area contributed by atoms with Crippen LogP contribution in [0.5, 0.6) is 0 Å². The van der Waals surface area contributed by atoms with Crippen molar-refractivity contribution < 1.29 is 5.11 Å². The smallest absolute Gasteiger partial charge is 0.0521 e. The number of rotatable bonds is 6. The quantitative estimate of drug-likeness (QED) is 0.865. The lowest BCUT2D eigenvalue weighted by Gasteiger charge is -2.14. The summed E-state index contributed by atoms with van der Waals surface area (Å²) in [4.78, 5) is 0. The first-order valence-corrected chi connectivity index (χ1v) is 6.89. The van der Waals surface area contributed by atoms with Crippen LogP contribution in [0.15, 0.2) is 36.7 Å². The van der Waals surface area contributed by atoms with E-state index in [1.807, 2.05) is 10.9 Å². The molecule has 0 aliphatic heterocycles. The Labute approximate surface area is 114 Å². The summed E-state index contributed by atoms with van der Waals surface area (Å²) in [6.07, 6.45) is 5.77. The maximum absolute atomic E-state index is 9.58. The van der Waals surface area contributed by atoms with Crippen LogP contribution in [0.4, 0.5) is 0 Å².